The molecule has 3 rings (SSSR count). The van der Waals surface area contributed by atoms with E-state index in [1.54, 1.807) is 32.7 Å². The van der Waals surface area contributed by atoms with Gasteiger partial charge in [-0.05, 0) is 25.3 Å². The van der Waals surface area contributed by atoms with Gasteiger partial charge in [-0.1, -0.05) is 6.92 Å². The largest absolute Gasteiger partial charge is 0.282 e. The Balaban J connectivity index is 2.05. The van der Waals surface area contributed by atoms with Gasteiger partial charge in [0.05, 0.1) is 17.4 Å². The number of aryl methyl sites for hydroxylation is 1. The maximum absolute atomic E-state index is 12.7. The van der Waals surface area contributed by atoms with Crippen LogP contribution in [0.2, 0.25) is 0 Å². The van der Waals surface area contributed by atoms with E-state index in [9.17, 15) is 8.42 Å². The second-order valence-corrected chi connectivity index (χ2v) is 8.38. The van der Waals surface area contributed by atoms with Gasteiger partial charge in [-0.15, -0.1) is 0 Å². The molecule has 25 heavy (non-hydrogen) atoms. The Bertz CT molecular complexity index is 833. The Morgan fingerprint density at radius 1 is 1.24 bits per heavy atom. The molecule has 1 aliphatic rings. The fourth-order valence-electron chi connectivity index (χ4n) is 3.21. The molecule has 0 spiro atoms. The highest BCUT2D eigenvalue weighted by atomic mass is 32.2. The molecule has 1 saturated heterocycles. The van der Waals surface area contributed by atoms with Gasteiger partial charge in [0.2, 0.25) is 0 Å². The predicted molar refractivity (Wildman–Crippen MR) is 94.8 cm³/mol. The Kier molecular flexibility index (Phi) is 5.16. The van der Waals surface area contributed by atoms with E-state index < -0.39 is 10.2 Å². The molecule has 0 N–H and O–H groups in total. The first-order valence-electron chi connectivity index (χ1n) is 8.49. The van der Waals surface area contributed by atoms with E-state index in [-0.39, 0.29) is 6.04 Å². The molecule has 136 valence electrons. The molecule has 3 heterocycles. The van der Waals surface area contributed by atoms with E-state index in [1.807, 2.05) is 10.7 Å². The Morgan fingerprint density at radius 2 is 2.00 bits per heavy atom. The molecule has 0 amide bonds. The lowest BCUT2D eigenvalue weighted by Crippen LogP contribution is -2.39. The van der Waals surface area contributed by atoms with Crippen LogP contribution in [0.1, 0.15) is 37.9 Å². The van der Waals surface area contributed by atoms with Crippen LogP contribution in [0.15, 0.2) is 24.7 Å². The Hall–Kier alpha value is -1.84. The van der Waals surface area contributed by atoms with Crippen molar-refractivity contribution in [2.24, 2.45) is 0 Å². The highest BCUT2D eigenvalue weighted by molar-refractivity contribution is 7.86. The van der Waals surface area contributed by atoms with Crippen molar-refractivity contribution in [1.82, 2.24) is 28.4 Å². The number of hydrogen-bond donors (Lipinski definition) is 0. The molecule has 9 heteroatoms. The normalized spacial score (nSPS) is 19.0. The standard InChI is InChI=1S/C16H24N6O2S/c1-4-11-21-13(7-8-19-21)15-16(18-10-9-17-15)14-6-5-12-22(14)25(23,24)20(2)3/h7-10,14H,4-6,11-12H2,1-3H3/t14-/m1/s1. The van der Waals surface area contributed by atoms with Gasteiger partial charge in [0, 0.05) is 45.8 Å². The molecule has 2 aromatic rings. The third kappa shape index (κ3) is 3.31. The van der Waals surface area contributed by atoms with Gasteiger partial charge < -0.3 is 0 Å². The molecule has 1 aliphatic heterocycles. The number of hydrogen-bond acceptors (Lipinski definition) is 5. The van der Waals surface area contributed by atoms with Crippen molar-refractivity contribution in [1.29, 1.82) is 0 Å². The number of rotatable bonds is 6. The summed E-state index contributed by atoms with van der Waals surface area (Å²) in [7, 11) is -0.395. The van der Waals surface area contributed by atoms with Crippen LogP contribution in [-0.2, 0) is 16.8 Å². The van der Waals surface area contributed by atoms with Gasteiger partial charge >= 0.3 is 0 Å². The fraction of sp³-hybridized carbons (Fsp3) is 0.562. The molecule has 0 bridgehead atoms. The second-order valence-electron chi connectivity index (χ2n) is 6.29. The molecule has 0 saturated carbocycles. The molecular weight excluding hydrogens is 340 g/mol. The predicted octanol–water partition coefficient (Wildman–Crippen LogP) is 1.69. The van der Waals surface area contributed by atoms with Crippen molar-refractivity contribution in [3.63, 3.8) is 0 Å². The van der Waals surface area contributed by atoms with Gasteiger partial charge in [-0.2, -0.15) is 22.1 Å². The van der Waals surface area contributed by atoms with Crippen molar-refractivity contribution >= 4 is 10.2 Å². The number of nitrogens with zero attached hydrogens (tertiary/aromatic N) is 6. The fourth-order valence-corrected chi connectivity index (χ4v) is 4.52. The average molecular weight is 364 g/mol. The monoisotopic (exact) mass is 364 g/mol. The van der Waals surface area contributed by atoms with Crippen LogP contribution in [-0.4, -0.2) is 57.4 Å². The lowest BCUT2D eigenvalue weighted by atomic mass is 10.1. The van der Waals surface area contributed by atoms with E-state index in [0.29, 0.717) is 17.9 Å². The third-order valence-electron chi connectivity index (χ3n) is 4.40. The molecule has 0 aromatic carbocycles. The lowest BCUT2D eigenvalue weighted by Gasteiger charge is -2.27. The summed E-state index contributed by atoms with van der Waals surface area (Å²) in [6.45, 7) is 3.36. The van der Waals surface area contributed by atoms with Crippen LogP contribution in [0.4, 0.5) is 0 Å². The van der Waals surface area contributed by atoms with E-state index in [2.05, 4.69) is 22.0 Å². The quantitative estimate of drug-likeness (QED) is 0.779. The van der Waals surface area contributed by atoms with Crippen molar-refractivity contribution in [3.8, 4) is 11.4 Å². The first-order valence-corrected chi connectivity index (χ1v) is 9.89. The van der Waals surface area contributed by atoms with Gasteiger partial charge in [-0.25, -0.2) is 0 Å². The van der Waals surface area contributed by atoms with Gasteiger partial charge in [0.25, 0.3) is 10.2 Å². The minimum absolute atomic E-state index is 0.305. The summed E-state index contributed by atoms with van der Waals surface area (Å²) in [4.78, 5) is 9.02. The molecule has 1 atom stereocenters. The third-order valence-corrected chi connectivity index (χ3v) is 6.35. The van der Waals surface area contributed by atoms with Crippen LogP contribution in [0.5, 0.6) is 0 Å². The Morgan fingerprint density at radius 3 is 2.72 bits per heavy atom. The Labute approximate surface area is 148 Å². The summed E-state index contributed by atoms with van der Waals surface area (Å²) in [5.74, 6) is 0. The second kappa shape index (κ2) is 7.19. The van der Waals surface area contributed by atoms with Crippen LogP contribution in [0, 0.1) is 0 Å². The summed E-state index contributed by atoms with van der Waals surface area (Å²) in [6, 6.07) is 1.60. The molecular formula is C16H24N6O2S. The van der Waals surface area contributed by atoms with Crippen molar-refractivity contribution in [3.05, 3.63) is 30.4 Å². The van der Waals surface area contributed by atoms with E-state index in [1.165, 1.54) is 8.61 Å². The molecule has 2 aromatic heterocycles. The van der Waals surface area contributed by atoms with Crippen LogP contribution in [0.25, 0.3) is 11.4 Å². The van der Waals surface area contributed by atoms with E-state index in [0.717, 1.165) is 31.5 Å². The van der Waals surface area contributed by atoms with Gasteiger partial charge in [0.1, 0.15) is 5.69 Å². The summed E-state index contributed by atoms with van der Waals surface area (Å²) >= 11 is 0. The smallest absolute Gasteiger partial charge is 0.263 e. The molecule has 0 radical (unpaired) electrons. The first kappa shape index (κ1) is 18.0. The van der Waals surface area contributed by atoms with Crippen molar-refractivity contribution in [2.45, 2.75) is 38.8 Å². The highest BCUT2D eigenvalue weighted by Gasteiger charge is 2.38. The lowest BCUT2D eigenvalue weighted by molar-refractivity contribution is 0.358. The highest BCUT2D eigenvalue weighted by Crippen LogP contribution is 2.37. The molecule has 1 fully saturated rings. The molecule has 0 unspecified atom stereocenters. The molecule has 0 aliphatic carbocycles. The minimum Gasteiger partial charge on any atom is -0.263 e. The minimum atomic E-state index is -3.50. The molecule has 8 nitrogen and oxygen atoms in total. The summed E-state index contributed by atoms with van der Waals surface area (Å²) in [5.41, 5.74) is 2.28. The zero-order valence-corrected chi connectivity index (χ0v) is 15.6. The summed E-state index contributed by atoms with van der Waals surface area (Å²) in [6.07, 6.45) is 7.50. The van der Waals surface area contributed by atoms with E-state index in [4.69, 9.17) is 0 Å². The maximum Gasteiger partial charge on any atom is 0.282 e. The zero-order valence-electron chi connectivity index (χ0n) is 14.8. The topological polar surface area (TPSA) is 84.2 Å². The summed E-state index contributed by atoms with van der Waals surface area (Å²) < 4.78 is 30.0. The van der Waals surface area contributed by atoms with Crippen LogP contribution in [0.3, 0.4) is 0 Å². The average Bonchev–Trinajstić information content (AvgIpc) is 3.24. The van der Waals surface area contributed by atoms with E-state index >= 15 is 0 Å². The van der Waals surface area contributed by atoms with Crippen molar-refractivity contribution in [2.75, 3.05) is 20.6 Å². The zero-order chi connectivity index (χ0) is 18.0. The van der Waals surface area contributed by atoms with Gasteiger partial charge in [-0.3, -0.25) is 14.6 Å². The first-order chi connectivity index (χ1) is 12.0. The SMILES string of the molecule is CCCn1nccc1-c1nccnc1[C@H]1CCCN1S(=O)(=O)N(C)C. The summed E-state index contributed by atoms with van der Waals surface area (Å²) in [5, 5.41) is 4.35. The van der Waals surface area contributed by atoms with Crippen molar-refractivity contribution < 1.29 is 8.42 Å². The van der Waals surface area contributed by atoms with Crippen LogP contribution >= 0.6 is 0 Å². The maximum atomic E-state index is 12.7. The van der Waals surface area contributed by atoms with Gasteiger partial charge in [0.15, 0.2) is 0 Å². The van der Waals surface area contributed by atoms with Crippen LogP contribution < -0.4 is 0 Å². The number of aromatic nitrogens is 4.